The summed E-state index contributed by atoms with van der Waals surface area (Å²) in [5.41, 5.74) is 7.32. The van der Waals surface area contributed by atoms with Gasteiger partial charge in [0.05, 0.1) is 30.5 Å². The van der Waals surface area contributed by atoms with Crippen molar-refractivity contribution in [3.8, 4) is 22.8 Å². The third-order valence-corrected chi connectivity index (χ3v) is 6.32. The number of benzene rings is 2. The van der Waals surface area contributed by atoms with Gasteiger partial charge < -0.3 is 25.3 Å². The van der Waals surface area contributed by atoms with E-state index in [0.717, 1.165) is 5.56 Å². The number of nitrogens with zero attached hydrogens (tertiary/aromatic N) is 3. The molecule has 2 aromatic carbocycles. The van der Waals surface area contributed by atoms with E-state index in [4.69, 9.17) is 15.2 Å². The molecule has 40 heavy (non-hydrogen) atoms. The second-order valence-corrected chi connectivity index (χ2v) is 8.84. The van der Waals surface area contributed by atoms with Gasteiger partial charge in [0.2, 0.25) is 0 Å². The Balaban J connectivity index is 1.46. The maximum atomic E-state index is 13.7. The molecule has 206 valence electrons. The number of alkyl halides is 2. The lowest BCUT2D eigenvalue weighted by Crippen LogP contribution is -2.61. The zero-order valence-corrected chi connectivity index (χ0v) is 21.1. The Hall–Kier alpha value is -4.68. The van der Waals surface area contributed by atoms with Crippen molar-refractivity contribution in [1.29, 1.82) is 0 Å². The Labute approximate surface area is 227 Å². The van der Waals surface area contributed by atoms with Crippen LogP contribution in [-0.4, -0.2) is 58.2 Å². The van der Waals surface area contributed by atoms with Gasteiger partial charge in [0, 0.05) is 18.0 Å². The van der Waals surface area contributed by atoms with Crippen LogP contribution in [-0.2, 0) is 20.7 Å². The van der Waals surface area contributed by atoms with Gasteiger partial charge in [-0.15, -0.1) is 0 Å². The second kappa shape index (κ2) is 11.6. The number of carbonyl (C=O) groups is 2. The maximum Gasteiger partial charge on any atom is 0.387 e. The summed E-state index contributed by atoms with van der Waals surface area (Å²) in [6.45, 7) is -2.74. The fraction of sp³-hybridized carbons (Fsp3) is 0.214. The quantitative estimate of drug-likeness (QED) is 0.311. The number of amides is 2. The summed E-state index contributed by atoms with van der Waals surface area (Å²) in [7, 11) is 0. The van der Waals surface area contributed by atoms with E-state index < -0.39 is 30.3 Å². The molecule has 1 aliphatic rings. The molecule has 4 aromatic rings. The first kappa shape index (κ1) is 26.9. The van der Waals surface area contributed by atoms with E-state index >= 15 is 0 Å². The molecule has 3 heterocycles. The van der Waals surface area contributed by atoms with Gasteiger partial charge in [-0.1, -0.05) is 42.5 Å². The number of hydrogen-bond acceptors (Lipinski definition) is 7. The zero-order valence-electron chi connectivity index (χ0n) is 21.1. The van der Waals surface area contributed by atoms with Gasteiger partial charge in [0.1, 0.15) is 5.75 Å². The van der Waals surface area contributed by atoms with E-state index in [2.05, 4.69) is 20.1 Å². The number of ether oxygens (including phenoxy) is 3. The number of aromatic nitrogens is 3. The first-order valence-electron chi connectivity index (χ1n) is 12.4. The lowest BCUT2D eigenvalue weighted by atomic mass is 9.97. The van der Waals surface area contributed by atoms with Gasteiger partial charge in [-0.05, 0) is 42.3 Å². The van der Waals surface area contributed by atoms with Gasteiger partial charge in [-0.2, -0.15) is 13.9 Å². The van der Waals surface area contributed by atoms with Gasteiger partial charge >= 0.3 is 6.61 Å². The number of hydrogen-bond donors (Lipinski definition) is 2. The molecule has 1 aliphatic heterocycles. The number of nitrogens with one attached hydrogen (secondary N) is 1. The molecular formula is C28H25F2N5O5. The summed E-state index contributed by atoms with van der Waals surface area (Å²) in [4.78, 5) is 30.5. The van der Waals surface area contributed by atoms with Crippen LogP contribution < -0.4 is 15.8 Å². The first-order valence-corrected chi connectivity index (χ1v) is 12.4. The number of para-hydroxylation sites is 1. The molecule has 3 N–H and O–H groups in total. The fourth-order valence-corrected chi connectivity index (χ4v) is 4.53. The molecule has 1 atom stereocenters. The molecule has 0 radical (unpaired) electrons. The minimum Gasteiger partial charge on any atom is -0.434 e. The molecule has 0 bridgehead atoms. The minimum atomic E-state index is -3.00. The SMILES string of the molecule is NC(=O)C1(C(Cc2ccccc2)NC(=O)c2cccnc2-n2ccc(-c3ccccc3OC(F)F)n2)OCCO1. The summed E-state index contributed by atoms with van der Waals surface area (Å²) < 4.78 is 43.1. The van der Waals surface area contributed by atoms with E-state index in [9.17, 15) is 18.4 Å². The molecule has 10 nitrogen and oxygen atoms in total. The van der Waals surface area contributed by atoms with Crippen molar-refractivity contribution in [2.75, 3.05) is 13.2 Å². The van der Waals surface area contributed by atoms with Crippen LogP contribution >= 0.6 is 0 Å². The van der Waals surface area contributed by atoms with Gasteiger partial charge in [-0.3, -0.25) is 9.59 Å². The van der Waals surface area contributed by atoms with Crippen molar-refractivity contribution in [3.63, 3.8) is 0 Å². The molecule has 0 spiro atoms. The highest BCUT2D eigenvalue weighted by atomic mass is 19.3. The molecule has 0 aliphatic carbocycles. The average Bonchev–Trinajstić information content (AvgIpc) is 3.65. The molecule has 0 saturated carbocycles. The van der Waals surface area contributed by atoms with Crippen LogP contribution in [0.1, 0.15) is 15.9 Å². The molecule has 2 amide bonds. The first-order chi connectivity index (χ1) is 19.4. The third kappa shape index (κ3) is 5.53. The highest BCUT2D eigenvalue weighted by molar-refractivity contribution is 5.98. The summed E-state index contributed by atoms with van der Waals surface area (Å²) >= 11 is 0. The van der Waals surface area contributed by atoms with Crippen molar-refractivity contribution in [1.82, 2.24) is 20.1 Å². The lowest BCUT2D eigenvalue weighted by Gasteiger charge is -2.33. The van der Waals surface area contributed by atoms with Crippen LogP contribution in [0.4, 0.5) is 8.78 Å². The summed E-state index contributed by atoms with van der Waals surface area (Å²) in [5, 5.41) is 7.30. The predicted octanol–water partition coefficient (Wildman–Crippen LogP) is 3.11. The van der Waals surface area contributed by atoms with Crippen molar-refractivity contribution in [2.24, 2.45) is 5.73 Å². The molecule has 2 aromatic heterocycles. The maximum absolute atomic E-state index is 13.7. The highest BCUT2D eigenvalue weighted by Crippen LogP contribution is 2.31. The normalized spacial score (nSPS) is 15.1. The fourth-order valence-electron chi connectivity index (χ4n) is 4.53. The van der Waals surface area contributed by atoms with Crippen LogP contribution in [0.15, 0.2) is 85.2 Å². The van der Waals surface area contributed by atoms with Gasteiger partial charge in [0.15, 0.2) is 5.82 Å². The summed E-state index contributed by atoms with van der Waals surface area (Å²) in [6.07, 6.45) is 3.22. The molecule has 1 unspecified atom stereocenters. The highest BCUT2D eigenvalue weighted by Gasteiger charge is 2.51. The monoisotopic (exact) mass is 549 g/mol. The summed E-state index contributed by atoms with van der Waals surface area (Å²) in [5.74, 6) is -3.18. The predicted molar refractivity (Wildman–Crippen MR) is 139 cm³/mol. The molecule has 1 fully saturated rings. The van der Waals surface area contributed by atoms with Crippen LogP contribution in [0.5, 0.6) is 5.75 Å². The average molecular weight is 550 g/mol. The van der Waals surface area contributed by atoms with Crippen molar-refractivity contribution in [2.45, 2.75) is 24.9 Å². The van der Waals surface area contributed by atoms with E-state index in [1.54, 1.807) is 42.6 Å². The van der Waals surface area contributed by atoms with Gasteiger partial charge in [0.25, 0.3) is 17.6 Å². The Bertz CT molecular complexity index is 1490. The molecular weight excluding hydrogens is 524 g/mol. The lowest BCUT2D eigenvalue weighted by molar-refractivity contribution is -0.189. The zero-order chi connectivity index (χ0) is 28.1. The van der Waals surface area contributed by atoms with E-state index in [1.807, 2.05) is 30.3 Å². The minimum absolute atomic E-state index is 0.0428. The van der Waals surface area contributed by atoms with Gasteiger partial charge in [-0.25, -0.2) is 9.67 Å². The van der Waals surface area contributed by atoms with Crippen molar-refractivity contribution < 1.29 is 32.6 Å². The van der Waals surface area contributed by atoms with Crippen LogP contribution in [0.25, 0.3) is 17.1 Å². The smallest absolute Gasteiger partial charge is 0.387 e. The van der Waals surface area contributed by atoms with E-state index in [1.165, 1.54) is 16.9 Å². The van der Waals surface area contributed by atoms with Crippen LogP contribution in [0, 0.1) is 0 Å². The standard InChI is InChI=1S/C28H25F2N5O5/c29-27(30)40-22-11-5-4-9-19(22)21-12-14-35(34-21)24-20(10-6-13-32-24)25(36)33-23(17-18-7-2-1-3-8-18)28(26(31)37)38-15-16-39-28/h1-14,23,27H,15-17H2,(H2,31,37)(H,33,36). The third-order valence-electron chi connectivity index (χ3n) is 6.32. The molecule has 5 rings (SSSR count). The number of pyridine rings is 1. The number of rotatable bonds is 10. The van der Waals surface area contributed by atoms with E-state index in [-0.39, 0.29) is 36.8 Å². The van der Waals surface area contributed by atoms with Crippen molar-refractivity contribution >= 4 is 11.8 Å². The second-order valence-electron chi connectivity index (χ2n) is 8.84. The largest absolute Gasteiger partial charge is 0.434 e. The van der Waals surface area contributed by atoms with Crippen LogP contribution in [0.2, 0.25) is 0 Å². The van der Waals surface area contributed by atoms with Crippen molar-refractivity contribution in [3.05, 3.63) is 96.3 Å². The topological polar surface area (TPSA) is 131 Å². The molecule has 1 saturated heterocycles. The van der Waals surface area contributed by atoms with E-state index in [0.29, 0.717) is 11.3 Å². The Morgan fingerprint density at radius 1 is 1.02 bits per heavy atom. The summed E-state index contributed by atoms with van der Waals surface area (Å²) in [6, 6.07) is 19.2. The number of nitrogens with two attached hydrogens (primary N) is 1. The Morgan fingerprint density at radius 3 is 2.48 bits per heavy atom. The van der Waals surface area contributed by atoms with Crippen LogP contribution in [0.3, 0.4) is 0 Å². The number of primary amides is 1. The molecule has 12 heteroatoms. The Kier molecular flexibility index (Phi) is 7.80. The Morgan fingerprint density at radius 2 is 1.75 bits per heavy atom. The number of halogens is 2. The number of carbonyl (C=O) groups excluding carboxylic acids is 2.